The molecule has 0 aliphatic carbocycles. The first-order valence-corrected chi connectivity index (χ1v) is 7.03. The third kappa shape index (κ3) is 4.65. The lowest BCUT2D eigenvalue weighted by molar-refractivity contribution is -0.120. The molecular weight excluding hydrogens is 282 g/mol. The van der Waals surface area contributed by atoms with Gasteiger partial charge in [-0.15, -0.1) is 0 Å². The zero-order valence-electron chi connectivity index (χ0n) is 11.8. The minimum Gasteiger partial charge on any atom is -0.389 e. The average Bonchev–Trinajstić information content (AvgIpc) is 2.46. The van der Waals surface area contributed by atoms with E-state index in [-0.39, 0.29) is 5.91 Å². The van der Waals surface area contributed by atoms with Gasteiger partial charge in [0.2, 0.25) is 5.91 Å². The van der Waals surface area contributed by atoms with Gasteiger partial charge in [-0.05, 0) is 24.6 Å². The Morgan fingerprint density at radius 3 is 2.57 bits per heavy atom. The van der Waals surface area contributed by atoms with E-state index in [0.717, 1.165) is 22.5 Å². The van der Waals surface area contributed by atoms with Crippen molar-refractivity contribution in [2.24, 2.45) is 5.73 Å². The number of benzene rings is 1. The number of aromatic nitrogens is 1. The summed E-state index contributed by atoms with van der Waals surface area (Å²) >= 11 is 4.89. The lowest BCUT2D eigenvalue weighted by Crippen LogP contribution is -2.25. The molecule has 0 spiro atoms. The van der Waals surface area contributed by atoms with Gasteiger partial charge < -0.3 is 11.1 Å². The molecule has 0 unspecified atom stereocenters. The van der Waals surface area contributed by atoms with Gasteiger partial charge in [0.25, 0.3) is 0 Å². The van der Waals surface area contributed by atoms with Crippen LogP contribution in [-0.4, -0.2) is 15.9 Å². The summed E-state index contributed by atoms with van der Waals surface area (Å²) in [6.07, 6.45) is 0.323. The van der Waals surface area contributed by atoms with E-state index in [9.17, 15) is 4.79 Å². The maximum Gasteiger partial charge on any atom is 0.224 e. The Morgan fingerprint density at radius 1 is 1.24 bits per heavy atom. The number of carbonyl (C=O) groups is 1. The number of nitrogens with two attached hydrogens (primary N) is 1. The second-order valence-electron chi connectivity index (χ2n) is 4.78. The predicted molar refractivity (Wildman–Crippen MR) is 86.9 cm³/mol. The molecule has 1 aromatic heterocycles. The highest BCUT2D eigenvalue weighted by molar-refractivity contribution is 7.80. The first-order chi connectivity index (χ1) is 10.0. The lowest BCUT2D eigenvalue weighted by atomic mass is 10.1. The molecule has 0 radical (unpaired) electrons. The highest BCUT2D eigenvalue weighted by Gasteiger charge is 2.05. The van der Waals surface area contributed by atoms with Crippen LogP contribution in [0.5, 0.6) is 0 Å². The SMILES string of the molecule is Cc1cccc(CNC(=O)Cc2ccc(C(N)=S)cc2)n1. The van der Waals surface area contributed by atoms with Gasteiger partial charge in [-0.1, -0.05) is 42.5 Å². The molecule has 0 bridgehead atoms. The van der Waals surface area contributed by atoms with Gasteiger partial charge >= 0.3 is 0 Å². The van der Waals surface area contributed by atoms with Crippen LogP contribution in [-0.2, 0) is 17.8 Å². The minimum absolute atomic E-state index is 0.0404. The van der Waals surface area contributed by atoms with Crippen LogP contribution >= 0.6 is 12.2 Å². The van der Waals surface area contributed by atoms with Crippen molar-refractivity contribution < 1.29 is 4.79 Å². The van der Waals surface area contributed by atoms with Crippen molar-refractivity contribution in [1.29, 1.82) is 0 Å². The molecule has 1 amide bonds. The Labute approximate surface area is 129 Å². The van der Waals surface area contributed by atoms with Crippen molar-refractivity contribution in [2.75, 3.05) is 0 Å². The Morgan fingerprint density at radius 2 is 1.95 bits per heavy atom. The van der Waals surface area contributed by atoms with Crippen LogP contribution in [0, 0.1) is 6.92 Å². The molecule has 108 valence electrons. The van der Waals surface area contributed by atoms with E-state index < -0.39 is 0 Å². The lowest BCUT2D eigenvalue weighted by Gasteiger charge is -2.06. The molecule has 0 aliphatic heterocycles. The molecule has 0 saturated heterocycles. The van der Waals surface area contributed by atoms with E-state index >= 15 is 0 Å². The minimum atomic E-state index is -0.0404. The molecular formula is C16H17N3OS. The van der Waals surface area contributed by atoms with Crippen LogP contribution in [0.3, 0.4) is 0 Å². The van der Waals surface area contributed by atoms with Gasteiger partial charge in [-0.3, -0.25) is 9.78 Å². The first-order valence-electron chi connectivity index (χ1n) is 6.62. The highest BCUT2D eigenvalue weighted by atomic mass is 32.1. The van der Waals surface area contributed by atoms with Crippen molar-refractivity contribution >= 4 is 23.1 Å². The van der Waals surface area contributed by atoms with E-state index in [1.54, 1.807) is 0 Å². The van der Waals surface area contributed by atoms with Crippen molar-refractivity contribution in [3.8, 4) is 0 Å². The number of hydrogen-bond acceptors (Lipinski definition) is 3. The zero-order valence-corrected chi connectivity index (χ0v) is 12.6. The van der Waals surface area contributed by atoms with Crippen LogP contribution in [0.25, 0.3) is 0 Å². The number of nitrogens with one attached hydrogen (secondary N) is 1. The summed E-state index contributed by atoms with van der Waals surface area (Å²) < 4.78 is 0. The summed E-state index contributed by atoms with van der Waals surface area (Å²) in [6, 6.07) is 13.1. The second-order valence-corrected chi connectivity index (χ2v) is 5.22. The number of carbonyl (C=O) groups excluding carboxylic acids is 1. The zero-order chi connectivity index (χ0) is 15.2. The largest absolute Gasteiger partial charge is 0.389 e. The molecule has 3 N–H and O–H groups in total. The van der Waals surface area contributed by atoms with Crippen molar-refractivity contribution in [2.45, 2.75) is 19.9 Å². The molecule has 5 heteroatoms. The van der Waals surface area contributed by atoms with Gasteiger partial charge in [0, 0.05) is 11.3 Å². The van der Waals surface area contributed by atoms with Gasteiger partial charge in [0.15, 0.2) is 0 Å². The summed E-state index contributed by atoms with van der Waals surface area (Å²) in [5.41, 5.74) is 9.05. The summed E-state index contributed by atoms with van der Waals surface area (Å²) in [7, 11) is 0. The number of nitrogens with zero attached hydrogens (tertiary/aromatic N) is 1. The number of thiocarbonyl (C=S) groups is 1. The Bertz CT molecular complexity index is 653. The van der Waals surface area contributed by atoms with Gasteiger partial charge in [0.05, 0.1) is 18.7 Å². The van der Waals surface area contributed by atoms with E-state index in [4.69, 9.17) is 18.0 Å². The monoisotopic (exact) mass is 299 g/mol. The summed E-state index contributed by atoms with van der Waals surface area (Å²) in [5, 5.41) is 2.86. The smallest absolute Gasteiger partial charge is 0.224 e. The topological polar surface area (TPSA) is 68.0 Å². The molecule has 4 nitrogen and oxygen atoms in total. The van der Waals surface area contributed by atoms with Crippen molar-refractivity contribution in [1.82, 2.24) is 10.3 Å². The third-order valence-corrected chi connectivity index (χ3v) is 3.25. The quantitative estimate of drug-likeness (QED) is 0.827. The molecule has 1 aromatic carbocycles. The van der Waals surface area contributed by atoms with Gasteiger partial charge in [0.1, 0.15) is 4.99 Å². The molecule has 1 heterocycles. The number of amides is 1. The van der Waals surface area contributed by atoms with E-state index in [2.05, 4.69) is 10.3 Å². The number of aryl methyl sites for hydroxylation is 1. The fraction of sp³-hybridized carbons (Fsp3) is 0.188. The molecule has 0 aliphatic rings. The van der Waals surface area contributed by atoms with Gasteiger partial charge in [-0.25, -0.2) is 0 Å². The van der Waals surface area contributed by atoms with E-state index in [0.29, 0.717) is 18.0 Å². The number of pyridine rings is 1. The number of rotatable bonds is 5. The summed E-state index contributed by atoms with van der Waals surface area (Å²) in [4.78, 5) is 16.6. The highest BCUT2D eigenvalue weighted by Crippen LogP contribution is 2.05. The molecule has 21 heavy (non-hydrogen) atoms. The Kier molecular flexibility index (Phi) is 5.00. The predicted octanol–water partition coefficient (Wildman–Crippen LogP) is 1.88. The fourth-order valence-electron chi connectivity index (χ4n) is 1.92. The Hall–Kier alpha value is -2.27. The molecule has 0 fully saturated rings. The third-order valence-electron chi connectivity index (χ3n) is 3.02. The normalized spacial score (nSPS) is 10.1. The maximum absolute atomic E-state index is 11.9. The first kappa shape index (κ1) is 15.1. The van der Waals surface area contributed by atoms with E-state index in [1.165, 1.54) is 0 Å². The fourth-order valence-corrected chi connectivity index (χ4v) is 2.06. The average molecular weight is 299 g/mol. The van der Waals surface area contributed by atoms with Gasteiger partial charge in [-0.2, -0.15) is 0 Å². The summed E-state index contributed by atoms with van der Waals surface area (Å²) in [6.45, 7) is 2.36. The molecule has 0 saturated carbocycles. The molecule has 0 atom stereocenters. The van der Waals surface area contributed by atoms with Crippen LogP contribution in [0.4, 0.5) is 0 Å². The number of hydrogen-bond donors (Lipinski definition) is 2. The second kappa shape index (κ2) is 6.95. The van der Waals surface area contributed by atoms with E-state index in [1.807, 2.05) is 49.4 Å². The van der Waals surface area contributed by atoms with Crippen LogP contribution in [0.1, 0.15) is 22.5 Å². The molecule has 2 rings (SSSR count). The van der Waals surface area contributed by atoms with Crippen molar-refractivity contribution in [3.63, 3.8) is 0 Å². The van der Waals surface area contributed by atoms with Crippen molar-refractivity contribution in [3.05, 3.63) is 65.0 Å². The summed E-state index contributed by atoms with van der Waals surface area (Å²) in [5.74, 6) is -0.0404. The maximum atomic E-state index is 11.9. The standard InChI is InChI=1S/C16H17N3OS/c1-11-3-2-4-14(19-11)10-18-15(20)9-12-5-7-13(8-6-12)16(17)21/h2-8H,9-10H2,1H3,(H2,17,21)(H,18,20). The van der Waals surface area contributed by atoms with Crippen LogP contribution in [0.15, 0.2) is 42.5 Å². The Balaban J connectivity index is 1.88. The van der Waals surface area contributed by atoms with Crippen LogP contribution < -0.4 is 11.1 Å². The molecule has 2 aromatic rings. The van der Waals surface area contributed by atoms with Crippen LogP contribution in [0.2, 0.25) is 0 Å².